The van der Waals surface area contributed by atoms with E-state index in [1.54, 1.807) is 7.11 Å². The summed E-state index contributed by atoms with van der Waals surface area (Å²) in [5.41, 5.74) is 1.38. The molecule has 1 N–H and O–H groups in total. The first-order valence-corrected chi connectivity index (χ1v) is 6.36. The lowest BCUT2D eigenvalue weighted by Gasteiger charge is -2.21. The van der Waals surface area contributed by atoms with Crippen molar-refractivity contribution in [1.29, 1.82) is 0 Å². The second-order valence-electron chi connectivity index (χ2n) is 3.92. The number of ether oxygens (including phenoxy) is 1. The highest BCUT2D eigenvalue weighted by atomic mass is 32.1. The van der Waals surface area contributed by atoms with Gasteiger partial charge in [-0.1, -0.05) is 6.92 Å². The maximum atomic E-state index is 5.18. The fraction of sp³-hybridized carbons (Fsp3) is 0.667. The van der Waals surface area contributed by atoms with Crippen LogP contribution < -0.4 is 5.32 Å². The molecule has 86 valence electrons. The van der Waals surface area contributed by atoms with Crippen molar-refractivity contribution in [1.82, 2.24) is 5.32 Å². The lowest BCUT2D eigenvalue weighted by atomic mass is 10.1. The average Bonchev–Trinajstić information content (AvgIpc) is 2.63. The van der Waals surface area contributed by atoms with Gasteiger partial charge >= 0.3 is 0 Å². The van der Waals surface area contributed by atoms with Crippen molar-refractivity contribution >= 4 is 11.3 Å². The van der Waals surface area contributed by atoms with Crippen molar-refractivity contribution in [2.45, 2.75) is 39.3 Å². The Morgan fingerprint density at radius 1 is 1.53 bits per heavy atom. The Bertz CT molecular complexity index is 285. The molecule has 0 saturated heterocycles. The van der Waals surface area contributed by atoms with Gasteiger partial charge in [-0.2, -0.15) is 0 Å². The molecule has 0 fully saturated rings. The van der Waals surface area contributed by atoms with Gasteiger partial charge in [0.05, 0.1) is 6.61 Å². The standard InChI is InChI=1S/C12H21NOS/c1-5-11(8-14-4)13-10(3)12-9(2)6-7-15-12/h6-7,10-11,13H,5,8H2,1-4H3. The fourth-order valence-electron chi connectivity index (χ4n) is 1.74. The predicted molar refractivity (Wildman–Crippen MR) is 66.6 cm³/mol. The molecule has 0 amide bonds. The van der Waals surface area contributed by atoms with Crippen LogP contribution in [0.4, 0.5) is 0 Å². The van der Waals surface area contributed by atoms with Gasteiger partial charge in [0.15, 0.2) is 0 Å². The third-order valence-corrected chi connectivity index (χ3v) is 3.84. The highest BCUT2D eigenvalue weighted by molar-refractivity contribution is 7.10. The van der Waals surface area contributed by atoms with Crippen molar-refractivity contribution < 1.29 is 4.74 Å². The normalized spacial score (nSPS) is 15.2. The minimum absolute atomic E-state index is 0.421. The summed E-state index contributed by atoms with van der Waals surface area (Å²) in [6.07, 6.45) is 1.10. The Morgan fingerprint density at radius 3 is 2.73 bits per heavy atom. The van der Waals surface area contributed by atoms with Crippen LogP contribution in [0.3, 0.4) is 0 Å². The Morgan fingerprint density at radius 2 is 2.27 bits per heavy atom. The molecule has 0 spiro atoms. The summed E-state index contributed by atoms with van der Waals surface area (Å²) < 4.78 is 5.18. The smallest absolute Gasteiger partial charge is 0.0615 e. The molecule has 0 saturated carbocycles. The Kier molecular flexibility index (Phi) is 5.29. The van der Waals surface area contributed by atoms with Gasteiger partial charge in [0, 0.05) is 24.1 Å². The number of aryl methyl sites for hydroxylation is 1. The average molecular weight is 227 g/mol. The maximum absolute atomic E-state index is 5.18. The van der Waals surface area contributed by atoms with E-state index in [0.717, 1.165) is 13.0 Å². The van der Waals surface area contributed by atoms with Crippen LogP contribution in [0.2, 0.25) is 0 Å². The first-order chi connectivity index (χ1) is 7.19. The zero-order chi connectivity index (χ0) is 11.3. The summed E-state index contributed by atoms with van der Waals surface area (Å²) >= 11 is 1.82. The third-order valence-electron chi connectivity index (χ3n) is 2.64. The van der Waals surface area contributed by atoms with E-state index in [0.29, 0.717) is 12.1 Å². The van der Waals surface area contributed by atoms with Crippen molar-refractivity contribution in [3.05, 3.63) is 21.9 Å². The van der Waals surface area contributed by atoms with Crippen molar-refractivity contribution in [2.24, 2.45) is 0 Å². The third kappa shape index (κ3) is 3.59. The molecule has 1 heterocycles. The SMILES string of the molecule is CCC(COC)NC(C)c1sccc1C. The molecule has 1 aromatic heterocycles. The van der Waals surface area contributed by atoms with E-state index in [9.17, 15) is 0 Å². The molecule has 0 radical (unpaired) electrons. The maximum Gasteiger partial charge on any atom is 0.0615 e. The number of nitrogens with one attached hydrogen (secondary N) is 1. The minimum Gasteiger partial charge on any atom is -0.383 e. The largest absolute Gasteiger partial charge is 0.383 e. The fourth-order valence-corrected chi connectivity index (χ4v) is 2.69. The Balaban J connectivity index is 2.54. The summed E-state index contributed by atoms with van der Waals surface area (Å²) in [6.45, 7) is 7.36. The number of hydrogen-bond donors (Lipinski definition) is 1. The van der Waals surface area contributed by atoms with E-state index in [4.69, 9.17) is 4.74 Å². The van der Waals surface area contributed by atoms with E-state index in [1.807, 2.05) is 11.3 Å². The minimum atomic E-state index is 0.421. The summed E-state index contributed by atoms with van der Waals surface area (Å²) in [4.78, 5) is 1.43. The van der Waals surface area contributed by atoms with Gasteiger partial charge in [-0.05, 0) is 37.3 Å². The zero-order valence-electron chi connectivity index (χ0n) is 10.0. The lowest BCUT2D eigenvalue weighted by molar-refractivity contribution is 0.159. The first-order valence-electron chi connectivity index (χ1n) is 5.48. The van der Waals surface area contributed by atoms with Crippen molar-refractivity contribution in [3.8, 4) is 0 Å². The number of thiophene rings is 1. The molecular weight excluding hydrogens is 206 g/mol. The summed E-state index contributed by atoms with van der Waals surface area (Å²) in [6, 6.07) is 3.05. The molecule has 0 aromatic carbocycles. The van der Waals surface area contributed by atoms with E-state index >= 15 is 0 Å². The van der Waals surface area contributed by atoms with Crippen molar-refractivity contribution in [2.75, 3.05) is 13.7 Å². The van der Waals surface area contributed by atoms with Gasteiger partial charge in [0.1, 0.15) is 0 Å². The first kappa shape index (κ1) is 12.7. The molecule has 0 aliphatic rings. The predicted octanol–water partition coefficient (Wildman–Crippen LogP) is 3.13. The van der Waals surface area contributed by atoms with E-state index in [1.165, 1.54) is 10.4 Å². The van der Waals surface area contributed by atoms with Gasteiger partial charge in [0.2, 0.25) is 0 Å². The number of hydrogen-bond acceptors (Lipinski definition) is 3. The van der Waals surface area contributed by atoms with Gasteiger partial charge < -0.3 is 10.1 Å². The van der Waals surface area contributed by atoms with Gasteiger partial charge in [0.25, 0.3) is 0 Å². The molecule has 1 rings (SSSR count). The van der Waals surface area contributed by atoms with Crippen LogP contribution in [0.5, 0.6) is 0 Å². The van der Waals surface area contributed by atoms with E-state index in [2.05, 4.69) is 37.5 Å². The number of methoxy groups -OCH3 is 1. The van der Waals surface area contributed by atoms with E-state index in [-0.39, 0.29) is 0 Å². The molecule has 0 bridgehead atoms. The molecule has 3 heteroatoms. The highest BCUT2D eigenvalue weighted by Crippen LogP contribution is 2.23. The van der Waals surface area contributed by atoms with E-state index < -0.39 is 0 Å². The lowest BCUT2D eigenvalue weighted by Crippen LogP contribution is -2.34. The van der Waals surface area contributed by atoms with Crippen LogP contribution in [-0.2, 0) is 4.74 Å². The van der Waals surface area contributed by atoms with Crippen LogP contribution in [0.15, 0.2) is 11.4 Å². The summed E-state index contributed by atoms with van der Waals surface area (Å²) in [7, 11) is 1.76. The van der Waals surface area contributed by atoms with Crippen LogP contribution in [-0.4, -0.2) is 19.8 Å². The Hall–Kier alpha value is -0.380. The van der Waals surface area contributed by atoms with Gasteiger partial charge in [-0.15, -0.1) is 11.3 Å². The zero-order valence-corrected chi connectivity index (χ0v) is 10.9. The van der Waals surface area contributed by atoms with Gasteiger partial charge in [-0.25, -0.2) is 0 Å². The number of rotatable bonds is 6. The molecule has 2 atom stereocenters. The van der Waals surface area contributed by atoms with Gasteiger partial charge in [-0.3, -0.25) is 0 Å². The van der Waals surface area contributed by atoms with Crippen LogP contribution in [0, 0.1) is 6.92 Å². The highest BCUT2D eigenvalue weighted by Gasteiger charge is 2.13. The monoisotopic (exact) mass is 227 g/mol. The quantitative estimate of drug-likeness (QED) is 0.806. The molecule has 2 unspecified atom stereocenters. The van der Waals surface area contributed by atoms with Crippen LogP contribution >= 0.6 is 11.3 Å². The molecular formula is C12H21NOS. The molecule has 1 aromatic rings. The van der Waals surface area contributed by atoms with Crippen LogP contribution in [0.25, 0.3) is 0 Å². The Labute approximate surface area is 96.7 Å². The molecule has 0 aliphatic heterocycles. The summed E-state index contributed by atoms with van der Waals surface area (Å²) in [5, 5.41) is 5.75. The topological polar surface area (TPSA) is 21.3 Å². The van der Waals surface area contributed by atoms with Crippen LogP contribution in [0.1, 0.15) is 36.8 Å². The second-order valence-corrected chi connectivity index (χ2v) is 4.86. The second kappa shape index (κ2) is 6.26. The molecule has 15 heavy (non-hydrogen) atoms. The summed E-state index contributed by atoms with van der Waals surface area (Å²) in [5.74, 6) is 0. The van der Waals surface area contributed by atoms with Crippen molar-refractivity contribution in [3.63, 3.8) is 0 Å². The molecule has 0 aliphatic carbocycles. The molecule has 2 nitrogen and oxygen atoms in total.